The lowest BCUT2D eigenvalue weighted by molar-refractivity contribution is 0.0519. The predicted octanol–water partition coefficient (Wildman–Crippen LogP) is 1.51. The van der Waals surface area contributed by atoms with Gasteiger partial charge in [-0.15, -0.1) is 0 Å². The highest BCUT2D eigenvalue weighted by atomic mass is 32.2. The quantitative estimate of drug-likeness (QED) is 0.431. The second-order valence-corrected chi connectivity index (χ2v) is 11.0. The highest BCUT2D eigenvalue weighted by Gasteiger charge is 2.34. The first-order valence-corrected chi connectivity index (χ1v) is 12.8. The van der Waals surface area contributed by atoms with E-state index in [-0.39, 0.29) is 42.9 Å². The molecule has 13 heteroatoms. The Labute approximate surface area is 212 Å². The van der Waals surface area contributed by atoms with E-state index in [2.05, 4.69) is 4.98 Å². The number of ether oxygens (including phenoxy) is 2. The number of carbonyl (C=O) groups is 1. The highest BCUT2D eigenvalue weighted by Crippen LogP contribution is 2.38. The second kappa shape index (κ2) is 10.1. The minimum Gasteiger partial charge on any atom is -0.505 e. The van der Waals surface area contributed by atoms with Gasteiger partial charge in [-0.25, -0.2) is 9.18 Å². The largest absolute Gasteiger partial charge is 0.505 e. The SMILES string of the molecule is CCOC(=O)c1c(O)c2ncc(Cc3ccc(F)cc3)c3c2n(c1=O)C[C@@H](CN(C)S(=O)(=O)N(C)C)O3. The molecule has 0 unspecified atom stereocenters. The van der Waals surface area contributed by atoms with Gasteiger partial charge in [0.25, 0.3) is 15.8 Å². The van der Waals surface area contributed by atoms with Gasteiger partial charge in [-0.1, -0.05) is 12.1 Å². The molecule has 2 aromatic heterocycles. The molecule has 0 aliphatic carbocycles. The molecule has 37 heavy (non-hydrogen) atoms. The number of rotatable bonds is 8. The number of hydrogen-bond donors (Lipinski definition) is 1. The summed E-state index contributed by atoms with van der Waals surface area (Å²) in [5.41, 5.74) is 0.0278. The monoisotopic (exact) mass is 534 g/mol. The van der Waals surface area contributed by atoms with Gasteiger partial charge < -0.3 is 14.6 Å². The third-order valence-electron chi connectivity index (χ3n) is 6.04. The van der Waals surface area contributed by atoms with E-state index in [1.165, 1.54) is 44.0 Å². The van der Waals surface area contributed by atoms with Crippen molar-refractivity contribution >= 4 is 27.2 Å². The van der Waals surface area contributed by atoms with E-state index in [0.29, 0.717) is 5.56 Å². The van der Waals surface area contributed by atoms with Crippen LogP contribution in [-0.4, -0.2) is 78.1 Å². The Hall–Kier alpha value is -3.55. The van der Waals surface area contributed by atoms with Crippen LogP contribution in [0.1, 0.15) is 28.4 Å². The standard InChI is InChI=1S/C24H27FN4O7S/c1-5-35-24(32)18-21(30)19-20-22(15(11-26-19)10-14-6-8-16(25)9-7-14)36-17(13-29(20)23(18)31)12-28(4)37(33,34)27(2)3/h6-9,11,17,30H,5,10,12-13H2,1-4H3/t17-/m1/s1. The Balaban J connectivity index is 1.87. The van der Waals surface area contributed by atoms with Gasteiger partial charge in [0.05, 0.1) is 19.7 Å². The number of benzene rings is 1. The first-order valence-electron chi connectivity index (χ1n) is 11.4. The average molecular weight is 535 g/mol. The molecule has 0 amide bonds. The van der Waals surface area contributed by atoms with Gasteiger partial charge in [0.15, 0.2) is 17.1 Å². The van der Waals surface area contributed by atoms with Crippen LogP contribution in [-0.2, 0) is 27.9 Å². The Morgan fingerprint density at radius 2 is 1.95 bits per heavy atom. The molecule has 11 nitrogen and oxygen atoms in total. The molecule has 1 atom stereocenters. The number of likely N-dealkylation sites (N-methyl/N-ethyl adjacent to an activating group) is 1. The summed E-state index contributed by atoms with van der Waals surface area (Å²) in [6.45, 7) is 1.34. The van der Waals surface area contributed by atoms with Crippen molar-refractivity contribution in [1.82, 2.24) is 18.2 Å². The summed E-state index contributed by atoms with van der Waals surface area (Å²) in [6, 6.07) is 5.82. The van der Waals surface area contributed by atoms with E-state index in [0.717, 1.165) is 14.2 Å². The van der Waals surface area contributed by atoms with Gasteiger partial charge in [-0.05, 0) is 24.6 Å². The first kappa shape index (κ1) is 26.5. The number of halogens is 1. The van der Waals surface area contributed by atoms with Crippen molar-refractivity contribution < 1.29 is 32.2 Å². The molecule has 0 bridgehead atoms. The summed E-state index contributed by atoms with van der Waals surface area (Å²) in [5.74, 6) is -1.80. The van der Waals surface area contributed by atoms with Crippen LogP contribution in [0.25, 0.3) is 11.0 Å². The van der Waals surface area contributed by atoms with Crippen molar-refractivity contribution in [3.05, 3.63) is 63.3 Å². The first-order chi connectivity index (χ1) is 17.4. The molecule has 1 aromatic carbocycles. The maximum atomic E-state index is 13.4. The summed E-state index contributed by atoms with van der Waals surface area (Å²) in [4.78, 5) is 30.2. The van der Waals surface area contributed by atoms with Crippen LogP contribution < -0.4 is 10.3 Å². The molecule has 0 spiro atoms. The Bertz CT molecular complexity index is 1520. The molecule has 1 N–H and O–H groups in total. The van der Waals surface area contributed by atoms with Crippen molar-refractivity contribution in [2.24, 2.45) is 0 Å². The van der Waals surface area contributed by atoms with E-state index in [1.54, 1.807) is 19.1 Å². The zero-order valence-corrected chi connectivity index (χ0v) is 21.6. The Morgan fingerprint density at radius 1 is 1.27 bits per heavy atom. The summed E-state index contributed by atoms with van der Waals surface area (Å²) in [6.07, 6.45) is 0.876. The molecule has 4 rings (SSSR count). The topological polar surface area (TPSA) is 131 Å². The molecule has 198 valence electrons. The van der Waals surface area contributed by atoms with Crippen molar-refractivity contribution in [3.8, 4) is 11.5 Å². The number of pyridine rings is 2. The molecule has 0 radical (unpaired) electrons. The average Bonchev–Trinajstić information content (AvgIpc) is 2.84. The number of nitrogens with zero attached hydrogens (tertiary/aromatic N) is 4. The van der Waals surface area contributed by atoms with Gasteiger partial charge in [-0.2, -0.15) is 17.0 Å². The molecule has 1 aliphatic rings. The van der Waals surface area contributed by atoms with Crippen LogP contribution in [0.5, 0.6) is 11.5 Å². The molecule has 0 fully saturated rings. The zero-order chi connectivity index (χ0) is 27.1. The fourth-order valence-electron chi connectivity index (χ4n) is 4.21. The minimum atomic E-state index is -3.78. The summed E-state index contributed by atoms with van der Waals surface area (Å²) < 4.78 is 53.2. The van der Waals surface area contributed by atoms with Crippen LogP contribution in [0.4, 0.5) is 4.39 Å². The predicted molar refractivity (Wildman–Crippen MR) is 132 cm³/mol. The van der Waals surface area contributed by atoms with Crippen molar-refractivity contribution in [2.75, 3.05) is 34.3 Å². The Morgan fingerprint density at radius 3 is 2.57 bits per heavy atom. The normalized spacial score (nSPS) is 15.3. The number of esters is 1. The molecule has 0 saturated carbocycles. The van der Waals surface area contributed by atoms with Gasteiger partial charge in [0.1, 0.15) is 23.0 Å². The number of aromatic nitrogens is 2. The van der Waals surface area contributed by atoms with Crippen LogP contribution in [0.2, 0.25) is 0 Å². The smallest absolute Gasteiger partial charge is 0.347 e. The maximum Gasteiger partial charge on any atom is 0.347 e. The lowest BCUT2D eigenvalue weighted by atomic mass is 10.0. The third-order valence-corrected chi connectivity index (χ3v) is 7.90. The van der Waals surface area contributed by atoms with Crippen LogP contribution in [0, 0.1) is 5.82 Å². The van der Waals surface area contributed by atoms with E-state index in [4.69, 9.17) is 9.47 Å². The van der Waals surface area contributed by atoms with Crippen LogP contribution in [0.3, 0.4) is 0 Å². The van der Waals surface area contributed by atoms with Gasteiger partial charge in [-0.3, -0.25) is 14.3 Å². The third kappa shape index (κ3) is 4.89. The molecule has 3 heterocycles. The van der Waals surface area contributed by atoms with E-state index >= 15 is 0 Å². The maximum absolute atomic E-state index is 13.4. The van der Waals surface area contributed by atoms with Crippen LogP contribution >= 0.6 is 0 Å². The van der Waals surface area contributed by atoms with E-state index in [9.17, 15) is 27.5 Å². The van der Waals surface area contributed by atoms with Crippen molar-refractivity contribution in [2.45, 2.75) is 26.0 Å². The van der Waals surface area contributed by atoms with Crippen LogP contribution in [0.15, 0.2) is 35.3 Å². The molecule has 1 aliphatic heterocycles. The van der Waals surface area contributed by atoms with Crippen molar-refractivity contribution in [1.29, 1.82) is 0 Å². The van der Waals surface area contributed by atoms with E-state index < -0.39 is 45.0 Å². The fourth-order valence-corrected chi connectivity index (χ4v) is 5.12. The zero-order valence-electron chi connectivity index (χ0n) is 20.8. The molecule has 3 aromatic rings. The van der Waals surface area contributed by atoms with E-state index in [1.807, 2.05) is 0 Å². The molecule has 0 saturated heterocycles. The number of carbonyl (C=O) groups excluding carboxylic acids is 1. The summed E-state index contributed by atoms with van der Waals surface area (Å²) >= 11 is 0. The lowest BCUT2D eigenvalue weighted by Gasteiger charge is -2.32. The summed E-state index contributed by atoms with van der Waals surface area (Å²) in [5, 5.41) is 10.8. The lowest BCUT2D eigenvalue weighted by Crippen LogP contribution is -2.46. The highest BCUT2D eigenvalue weighted by molar-refractivity contribution is 7.86. The number of hydrogen-bond acceptors (Lipinski definition) is 8. The summed E-state index contributed by atoms with van der Waals surface area (Å²) in [7, 11) is 0.407. The Kier molecular flexibility index (Phi) is 7.22. The second-order valence-electron chi connectivity index (χ2n) is 8.78. The van der Waals surface area contributed by atoms with Crippen molar-refractivity contribution in [3.63, 3.8) is 0 Å². The molecular weight excluding hydrogens is 507 g/mol. The van der Waals surface area contributed by atoms with Gasteiger partial charge in [0, 0.05) is 39.3 Å². The minimum absolute atomic E-state index is 0.00996. The number of aromatic hydroxyl groups is 1. The fraction of sp³-hybridized carbons (Fsp3) is 0.375. The van der Waals surface area contributed by atoms with Gasteiger partial charge >= 0.3 is 5.97 Å². The van der Waals surface area contributed by atoms with Gasteiger partial charge in [0.2, 0.25) is 0 Å². The molecular formula is C24H27FN4O7S.